The van der Waals surface area contributed by atoms with E-state index in [1.807, 2.05) is 17.0 Å². The summed E-state index contributed by atoms with van der Waals surface area (Å²) < 4.78 is 0.909. The highest BCUT2D eigenvalue weighted by atomic mass is 79.9. The van der Waals surface area contributed by atoms with Gasteiger partial charge in [0.2, 0.25) is 0 Å². The lowest BCUT2D eigenvalue weighted by atomic mass is 9.98. The van der Waals surface area contributed by atoms with Gasteiger partial charge in [-0.05, 0) is 55.2 Å². The number of amides is 1. The third-order valence-corrected chi connectivity index (χ3v) is 5.19. The van der Waals surface area contributed by atoms with Crippen molar-refractivity contribution < 1.29 is 9.72 Å². The molecule has 7 heteroatoms. The summed E-state index contributed by atoms with van der Waals surface area (Å²) in [4.78, 5) is 25.6. The SMILES string of the molecule is CC1CCN(c2ccc(C(=O)Nc3ccc(Br)cc3)cc2[N+](=O)[O-])CC1. The number of benzene rings is 2. The van der Waals surface area contributed by atoms with E-state index in [4.69, 9.17) is 0 Å². The quantitative estimate of drug-likeness (QED) is 0.569. The first-order valence-electron chi connectivity index (χ1n) is 8.54. The van der Waals surface area contributed by atoms with Crippen molar-refractivity contribution >= 4 is 38.9 Å². The van der Waals surface area contributed by atoms with E-state index < -0.39 is 4.92 Å². The van der Waals surface area contributed by atoms with Gasteiger partial charge in [-0.2, -0.15) is 0 Å². The predicted molar refractivity (Wildman–Crippen MR) is 106 cm³/mol. The second-order valence-electron chi connectivity index (χ2n) is 6.59. The molecule has 0 unspecified atom stereocenters. The van der Waals surface area contributed by atoms with Crippen LogP contribution in [0.4, 0.5) is 17.1 Å². The van der Waals surface area contributed by atoms with Gasteiger partial charge in [-0.3, -0.25) is 14.9 Å². The lowest BCUT2D eigenvalue weighted by Crippen LogP contribution is -2.33. The molecule has 26 heavy (non-hydrogen) atoms. The van der Waals surface area contributed by atoms with E-state index in [1.165, 1.54) is 6.07 Å². The van der Waals surface area contributed by atoms with Crippen molar-refractivity contribution in [2.24, 2.45) is 5.92 Å². The second-order valence-corrected chi connectivity index (χ2v) is 7.51. The van der Waals surface area contributed by atoms with Gasteiger partial charge in [-0.1, -0.05) is 22.9 Å². The molecular formula is C19H20BrN3O3. The van der Waals surface area contributed by atoms with Crippen molar-refractivity contribution in [3.63, 3.8) is 0 Å². The number of nitrogens with zero attached hydrogens (tertiary/aromatic N) is 2. The number of piperidine rings is 1. The van der Waals surface area contributed by atoms with E-state index in [-0.39, 0.29) is 17.2 Å². The summed E-state index contributed by atoms with van der Waals surface area (Å²) >= 11 is 3.34. The number of halogens is 1. The number of nitrogens with one attached hydrogen (secondary N) is 1. The van der Waals surface area contributed by atoms with Crippen LogP contribution in [0.25, 0.3) is 0 Å². The number of nitro groups is 1. The van der Waals surface area contributed by atoms with Gasteiger partial charge in [0.25, 0.3) is 11.6 Å². The largest absolute Gasteiger partial charge is 0.366 e. The van der Waals surface area contributed by atoms with E-state index in [9.17, 15) is 14.9 Å². The van der Waals surface area contributed by atoms with Crippen molar-refractivity contribution in [3.8, 4) is 0 Å². The van der Waals surface area contributed by atoms with Crippen LogP contribution in [-0.2, 0) is 0 Å². The average molecular weight is 418 g/mol. The molecule has 0 bridgehead atoms. The Hall–Kier alpha value is -2.41. The molecule has 3 rings (SSSR count). The Morgan fingerprint density at radius 3 is 2.46 bits per heavy atom. The maximum atomic E-state index is 12.4. The third kappa shape index (κ3) is 4.22. The van der Waals surface area contributed by atoms with Gasteiger partial charge < -0.3 is 10.2 Å². The molecule has 1 N–H and O–H groups in total. The molecule has 2 aromatic rings. The van der Waals surface area contributed by atoms with Crippen molar-refractivity contribution in [2.75, 3.05) is 23.3 Å². The maximum Gasteiger partial charge on any atom is 0.293 e. The van der Waals surface area contributed by atoms with E-state index in [0.717, 1.165) is 30.4 Å². The number of nitro benzene ring substituents is 1. The Labute approximate surface area is 160 Å². The summed E-state index contributed by atoms with van der Waals surface area (Å²) in [5, 5.41) is 14.3. The van der Waals surface area contributed by atoms with Crippen LogP contribution in [0.3, 0.4) is 0 Å². The molecule has 1 aliphatic heterocycles. The minimum atomic E-state index is -0.413. The summed E-state index contributed by atoms with van der Waals surface area (Å²) in [5.41, 5.74) is 1.47. The highest BCUT2D eigenvalue weighted by molar-refractivity contribution is 9.10. The maximum absolute atomic E-state index is 12.4. The number of carbonyl (C=O) groups is 1. The first kappa shape index (κ1) is 18.4. The Morgan fingerprint density at radius 2 is 1.85 bits per heavy atom. The van der Waals surface area contributed by atoms with Gasteiger partial charge in [0.1, 0.15) is 5.69 Å². The van der Waals surface area contributed by atoms with Gasteiger partial charge in [-0.25, -0.2) is 0 Å². The molecule has 1 aliphatic rings. The topological polar surface area (TPSA) is 75.5 Å². The van der Waals surface area contributed by atoms with Crippen LogP contribution < -0.4 is 10.2 Å². The molecule has 6 nitrogen and oxygen atoms in total. The molecule has 1 fully saturated rings. The van der Waals surface area contributed by atoms with E-state index >= 15 is 0 Å². The fraction of sp³-hybridized carbons (Fsp3) is 0.316. The molecule has 1 saturated heterocycles. The van der Waals surface area contributed by atoms with Crippen LogP contribution in [0.15, 0.2) is 46.9 Å². The molecular weight excluding hydrogens is 398 g/mol. The van der Waals surface area contributed by atoms with Crippen LogP contribution in [0.1, 0.15) is 30.1 Å². The number of rotatable bonds is 4. The normalized spacial score (nSPS) is 14.9. The molecule has 1 heterocycles. The van der Waals surface area contributed by atoms with Crippen LogP contribution >= 0.6 is 15.9 Å². The lowest BCUT2D eigenvalue weighted by Gasteiger charge is -2.31. The number of hydrogen-bond donors (Lipinski definition) is 1. The molecule has 0 saturated carbocycles. The third-order valence-electron chi connectivity index (χ3n) is 4.66. The Morgan fingerprint density at radius 1 is 1.19 bits per heavy atom. The van der Waals surface area contributed by atoms with Gasteiger partial charge in [0.15, 0.2) is 0 Å². The number of carbonyl (C=O) groups excluding carboxylic acids is 1. The average Bonchev–Trinajstić information content (AvgIpc) is 2.63. The highest BCUT2D eigenvalue weighted by Crippen LogP contribution is 2.32. The second kappa shape index (κ2) is 7.86. The van der Waals surface area contributed by atoms with Crippen LogP contribution in [0.2, 0.25) is 0 Å². The minimum absolute atomic E-state index is 0.0250. The van der Waals surface area contributed by atoms with Crippen LogP contribution in [0, 0.1) is 16.0 Å². The summed E-state index contributed by atoms with van der Waals surface area (Å²) in [6.45, 7) is 3.79. The molecule has 1 amide bonds. The van der Waals surface area contributed by atoms with Gasteiger partial charge in [0, 0.05) is 34.9 Å². The Bertz CT molecular complexity index is 815. The lowest BCUT2D eigenvalue weighted by molar-refractivity contribution is -0.384. The fourth-order valence-corrected chi connectivity index (χ4v) is 3.33. The first-order valence-corrected chi connectivity index (χ1v) is 9.33. The van der Waals surface area contributed by atoms with Crippen LogP contribution in [-0.4, -0.2) is 23.9 Å². The molecule has 2 aromatic carbocycles. The van der Waals surface area contributed by atoms with Crippen molar-refractivity contribution in [1.29, 1.82) is 0 Å². The summed E-state index contributed by atoms with van der Waals surface area (Å²) in [6.07, 6.45) is 2.03. The van der Waals surface area contributed by atoms with E-state index in [2.05, 4.69) is 28.2 Å². The van der Waals surface area contributed by atoms with Gasteiger partial charge in [-0.15, -0.1) is 0 Å². The van der Waals surface area contributed by atoms with Gasteiger partial charge >= 0.3 is 0 Å². The minimum Gasteiger partial charge on any atom is -0.366 e. The smallest absolute Gasteiger partial charge is 0.293 e. The summed E-state index contributed by atoms with van der Waals surface area (Å²) in [5.74, 6) is 0.274. The zero-order valence-electron chi connectivity index (χ0n) is 14.4. The molecule has 136 valence electrons. The predicted octanol–water partition coefficient (Wildman–Crippen LogP) is 4.85. The molecule has 0 aliphatic carbocycles. The van der Waals surface area contributed by atoms with Gasteiger partial charge in [0.05, 0.1) is 4.92 Å². The molecule has 0 atom stereocenters. The van der Waals surface area contributed by atoms with Crippen molar-refractivity contribution in [3.05, 3.63) is 62.6 Å². The number of hydrogen-bond acceptors (Lipinski definition) is 4. The summed E-state index contributed by atoms with van der Waals surface area (Å²) in [6, 6.07) is 11.9. The number of anilines is 2. The van der Waals surface area contributed by atoms with Crippen molar-refractivity contribution in [2.45, 2.75) is 19.8 Å². The van der Waals surface area contributed by atoms with Crippen molar-refractivity contribution in [1.82, 2.24) is 0 Å². The molecule has 0 aromatic heterocycles. The van der Waals surface area contributed by atoms with E-state index in [0.29, 0.717) is 17.3 Å². The zero-order valence-corrected chi connectivity index (χ0v) is 16.0. The fourth-order valence-electron chi connectivity index (χ4n) is 3.06. The van der Waals surface area contributed by atoms with Crippen LogP contribution in [0.5, 0.6) is 0 Å². The Balaban J connectivity index is 1.82. The summed E-state index contributed by atoms with van der Waals surface area (Å²) in [7, 11) is 0. The first-order chi connectivity index (χ1) is 12.4. The molecule has 0 radical (unpaired) electrons. The monoisotopic (exact) mass is 417 g/mol. The zero-order chi connectivity index (χ0) is 18.7. The highest BCUT2D eigenvalue weighted by Gasteiger charge is 2.24. The molecule has 0 spiro atoms. The van der Waals surface area contributed by atoms with E-state index in [1.54, 1.807) is 24.3 Å². The standard InChI is InChI=1S/C19H20BrN3O3/c1-13-8-10-22(11-9-13)17-7-2-14(12-18(17)23(25)26)19(24)21-16-5-3-15(20)4-6-16/h2-7,12-13H,8-11H2,1H3,(H,21,24). The Kier molecular flexibility index (Phi) is 5.56.